The molecule has 106 valence electrons. The predicted molar refractivity (Wildman–Crippen MR) is 75.4 cm³/mol. The summed E-state index contributed by atoms with van der Waals surface area (Å²) in [7, 11) is 0. The van der Waals surface area contributed by atoms with Crippen LogP contribution in [0.15, 0.2) is 30.3 Å². The molecular weight excluding hydrogens is 244 g/mol. The molecule has 0 bridgehead atoms. The Morgan fingerprint density at radius 2 is 2.11 bits per heavy atom. The van der Waals surface area contributed by atoms with Crippen molar-refractivity contribution in [2.24, 2.45) is 0 Å². The van der Waals surface area contributed by atoms with Gasteiger partial charge in [-0.05, 0) is 25.5 Å². The molecule has 1 aromatic carbocycles. The zero-order valence-corrected chi connectivity index (χ0v) is 11.3. The minimum atomic E-state index is -0.475. The third-order valence-electron chi connectivity index (χ3n) is 2.70. The first-order valence-electron chi connectivity index (χ1n) is 6.59. The number of para-hydroxylation sites is 1. The Balaban J connectivity index is 2.22. The van der Waals surface area contributed by atoms with E-state index in [1.54, 1.807) is 0 Å². The Morgan fingerprint density at radius 3 is 2.74 bits per heavy atom. The van der Waals surface area contributed by atoms with Crippen LogP contribution >= 0.6 is 0 Å². The largest absolute Gasteiger partial charge is 0.447 e. The summed E-state index contributed by atoms with van der Waals surface area (Å²) in [4.78, 5) is 13.4. The van der Waals surface area contributed by atoms with Crippen LogP contribution in [0.4, 0.5) is 10.5 Å². The number of rotatable bonds is 8. The molecule has 0 atom stereocenters. The normalized spacial score (nSPS) is 10.0. The number of carbonyl (C=O) groups is 1. The third kappa shape index (κ3) is 6.10. The number of amides is 1. The molecule has 0 aliphatic rings. The van der Waals surface area contributed by atoms with E-state index in [9.17, 15) is 4.79 Å². The molecule has 0 spiro atoms. The highest BCUT2D eigenvalue weighted by Gasteiger charge is 2.04. The number of benzene rings is 1. The second-order valence-corrected chi connectivity index (χ2v) is 4.06. The number of alkyl carbamates (subject to hydrolysis) is 1. The molecule has 5 heteroatoms. The summed E-state index contributed by atoms with van der Waals surface area (Å²) in [6.45, 7) is 4.37. The summed E-state index contributed by atoms with van der Waals surface area (Å²) >= 11 is 0. The highest BCUT2D eigenvalue weighted by molar-refractivity contribution is 5.67. The van der Waals surface area contributed by atoms with E-state index in [-0.39, 0.29) is 13.2 Å². The van der Waals surface area contributed by atoms with Crippen molar-refractivity contribution in [1.82, 2.24) is 5.32 Å². The topological polar surface area (TPSA) is 61.8 Å². The molecule has 0 radical (unpaired) electrons. The van der Waals surface area contributed by atoms with Gasteiger partial charge in [-0.2, -0.15) is 0 Å². The van der Waals surface area contributed by atoms with Crippen LogP contribution in [-0.4, -0.2) is 44.0 Å². The maximum Gasteiger partial charge on any atom is 0.407 e. The van der Waals surface area contributed by atoms with Crippen LogP contribution in [0.3, 0.4) is 0 Å². The molecule has 0 aliphatic carbocycles. The summed E-state index contributed by atoms with van der Waals surface area (Å²) < 4.78 is 4.70. The number of nitrogens with one attached hydrogen (secondary N) is 1. The van der Waals surface area contributed by atoms with Gasteiger partial charge in [0.25, 0.3) is 0 Å². The monoisotopic (exact) mass is 266 g/mol. The van der Waals surface area contributed by atoms with Crippen molar-refractivity contribution in [3.05, 3.63) is 30.3 Å². The van der Waals surface area contributed by atoms with Crippen LogP contribution in [0.5, 0.6) is 0 Å². The third-order valence-corrected chi connectivity index (χ3v) is 2.70. The van der Waals surface area contributed by atoms with E-state index in [1.165, 1.54) is 5.69 Å². The number of aliphatic hydroxyl groups is 1. The van der Waals surface area contributed by atoms with Crippen LogP contribution in [-0.2, 0) is 4.74 Å². The minimum absolute atomic E-state index is 0.0386. The van der Waals surface area contributed by atoms with Gasteiger partial charge in [0, 0.05) is 25.3 Å². The lowest BCUT2D eigenvalue weighted by atomic mass is 10.2. The zero-order chi connectivity index (χ0) is 13.9. The number of hydrogen-bond acceptors (Lipinski definition) is 4. The van der Waals surface area contributed by atoms with Crippen molar-refractivity contribution < 1.29 is 14.6 Å². The summed E-state index contributed by atoms with van der Waals surface area (Å²) in [5, 5.41) is 11.2. The van der Waals surface area contributed by atoms with Crippen LogP contribution < -0.4 is 10.2 Å². The van der Waals surface area contributed by atoms with Gasteiger partial charge in [-0.25, -0.2) is 4.79 Å². The fraction of sp³-hybridized carbons (Fsp3) is 0.500. The SMILES string of the molecule is CCN(CCCNC(=O)OCCO)c1ccccc1. The fourth-order valence-corrected chi connectivity index (χ4v) is 1.76. The lowest BCUT2D eigenvalue weighted by Crippen LogP contribution is -2.30. The van der Waals surface area contributed by atoms with Gasteiger partial charge >= 0.3 is 6.09 Å². The van der Waals surface area contributed by atoms with Crippen molar-refractivity contribution in [3.8, 4) is 0 Å². The number of aliphatic hydroxyl groups excluding tert-OH is 1. The Morgan fingerprint density at radius 1 is 1.37 bits per heavy atom. The van der Waals surface area contributed by atoms with Gasteiger partial charge in [0.1, 0.15) is 6.61 Å². The number of anilines is 1. The van der Waals surface area contributed by atoms with Crippen LogP contribution in [0, 0.1) is 0 Å². The van der Waals surface area contributed by atoms with E-state index < -0.39 is 6.09 Å². The molecule has 1 amide bonds. The first-order valence-corrected chi connectivity index (χ1v) is 6.59. The summed E-state index contributed by atoms with van der Waals surface area (Å²) in [5.41, 5.74) is 1.19. The minimum Gasteiger partial charge on any atom is -0.447 e. The standard InChI is InChI=1S/C14H22N2O3/c1-2-16(13-7-4-3-5-8-13)10-6-9-15-14(18)19-12-11-17/h3-5,7-8,17H,2,6,9-12H2,1H3,(H,15,18). The molecule has 1 aromatic rings. The smallest absolute Gasteiger partial charge is 0.407 e. The van der Waals surface area contributed by atoms with Gasteiger partial charge in [0.2, 0.25) is 0 Å². The van der Waals surface area contributed by atoms with Gasteiger partial charge in [0.15, 0.2) is 0 Å². The number of ether oxygens (including phenoxy) is 1. The van der Waals surface area contributed by atoms with Gasteiger partial charge in [-0.3, -0.25) is 0 Å². The molecule has 0 unspecified atom stereocenters. The number of carbonyl (C=O) groups excluding carboxylic acids is 1. The maximum absolute atomic E-state index is 11.1. The van der Waals surface area contributed by atoms with Crippen molar-refractivity contribution >= 4 is 11.8 Å². The second-order valence-electron chi connectivity index (χ2n) is 4.06. The van der Waals surface area contributed by atoms with E-state index >= 15 is 0 Å². The summed E-state index contributed by atoms with van der Waals surface area (Å²) in [5.74, 6) is 0. The van der Waals surface area contributed by atoms with Gasteiger partial charge in [0.05, 0.1) is 6.61 Å². The fourth-order valence-electron chi connectivity index (χ4n) is 1.76. The average Bonchev–Trinajstić information content (AvgIpc) is 2.46. The molecular formula is C14H22N2O3. The molecule has 0 fully saturated rings. The Kier molecular flexibility index (Phi) is 7.43. The average molecular weight is 266 g/mol. The molecule has 5 nitrogen and oxygen atoms in total. The number of nitrogens with zero attached hydrogens (tertiary/aromatic N) is 1. The van der Waals surface area contributed by atoms with Crippen molar-refractivity contribution in [2.45, 2.75) is 13.3 Å². The van der Waals surface area contributed by atoms with Gasteiger partial charge in [-0.15, -0.1) is 0 Å². The van der Waals surface area contributed by atoms with Crippen molar-refractivity contribution in [2.75, 3.05) is 37.7 Å². The molecule has 2 N–H and O–H groups in total. The first-order chi connectivity index (χ1) is 9.27. The van der Waals surface area contributed by atoms with Crippen LogP contribution in [0.25, 0.3) is 0 Å². The zero-order valence-electron chi connectivity index (χ0n) is 11.3. The molecule has 1 rings (SSSR count). The highest BCUT2D eigenvalue weighted by Crippen LogP contribution is 2.12. The molecule has 0 saturated carbocycles. The first kappa shape index (κ1) is 15.3. The molecule has 0 heterocycles. The Bertz CT molecular complexity index is 357. The van der Waals surface area contributed by atoms with E-state index in [0.717, 1.165) is 19.5 Å². The lowest BCUT2D eigenvalue weighted by Gasteiger charge is -2.23. The summed E-state index contributed by atoms with van der Waals surface area (Å²) in [6, 6.07) is 10.2. The highest BCUT2D eigenvalue weighted by atomic mass is 16.6. The number of hydrogen-bond donors (Lipinski definition) is 2. The van der Waals surface area contributed by atoms with Gasteiger partial charge < -0.3 is 20.1 Å². The Labute approximate surface area is 114 Å². The van der Waals surface area contributed by atoms with Crippen molar-refractivity contribution in [3.63, 3.8) is 0 Å². The Hall–Kier alpha value is -1.75. The lowest BCUT2D eigenvalue weighted by molar-refractivity contribution is 0.119. The van der Waals surface area contributed by atoms with E-state index in [4.69, 9.17) is 9.84 Å². The van der Waals surface area contributed by atoms with Crippen LogP contribution in [0.1, 0.15) is 13.3 Å². The van der Waals surface area contributed by atoms with Crippen molar-refractivity contribution in [1.29, 1.82) is 0 Å². The molecule has 0 aliphatic heterocycles. The van der Waals surface area contributed by atoms with E-state index in [1.807, 2.05) is 18.2 Å². The van der Waals surface area contributed by atoms with E-state index in [2.05, 4.69) is 29.3 Å². The quantitative estimate of drug-likeness (QED) is 0.702. The molecule has 0 aromatic heterocycles. The van der Waals surface area contributed by atoms with Crippen LogP contribution in [0.2, 0.25) is 0 Å². The maximum atomic E-state index is 11.1. The van der Waals surface area contributed by atoms with E-state index in [0.29, 0.717) is 6.54 Å². The molecule has 0 saturated heterocycles. The van der Waals surface area contributed by atoms with Gasteiger partial charge in [-0.1, -0.05) is 18.2 Å². The summed E-state index contributed by atoms with van der Waals surface area (Å²) in [6.07, 6.45) is 0.369. The second kappa shape index (κ2) is 9.22. The predicted octanol–water partition coefficient (Wildman–Crippen LogP) is 1.62. The molecule has 19 heavy (non-hydrogen) atoms.